The van der Waals surface area contributed by atoms with Crippen LogP contribution in [0, 0.1) is 0 Å². The van der Waals surface area contributed by atoms with E-state index >= 15 is 0 Å². The van der Waals surface area contributed by atoms with E-state index in [0.717, 1.165) is 4.90 Å². The van der Waals surface area contributed by atoms with Crippen LogP contribution in [-0.2, 0) is 4.79 Å². The van der Waals surface area contributed by atoms with Gasteiger partial charge in [-0.3, -0.25) is 19.3 Å². The predicted octanol–water partition coefficient (Wildman–Crippen LogP) is -1.11. The van der Waals surface area contributed by atoms with E-state index in [0.29, 0.717) is 30.8 Å². The largest absolute Gasteiger partial charge is 0.344 e. The highest BCUT2D eigenvalue weighted by Crippen LogP contribution is 2.21. The first-order valence-electron chi connectivity index (χ1n) is 6.88. The molecule has 0 radical (unpaired) electrons. The number of carbonyl (C=O) groups is 3. The average Bonchev–Trinajstić information content (AvgIpc) is 2.69. The molecule has 1 N–H and O–H groups in total. The van der Waals surface area contributed by atoms with E-state index in [2.05, 4.69) is 0 Å². The Labute approximate surface area is 123 Å². The van der Waals surface area contributed by atoms with Crippen LogP contribution >= 0.6 is 0 Å². The number of carbonyl (C=O) groups excluding carboxylic acids is 3. The van der Waals surface area contributed by atoms with Gasteiger partial charge in [0, 0.05) is 14.1 Å². The highest BCUT2D eigenvalue weighted by atomic mass is 16.2. The Kier molecular flexibility index (Phi) is 4.37. The van der Waals surface area contributed by atoms with E-state index in [4.69, 9.17) is 0 Å². The van der Waals surface area contributed by atoms with Crippen molar-refractivity contribution in [1.29, 1.82) is 0 Å². The summed E-state index contributed by atoms with van der Waals surface area (Å²) in [6, 6.07) is 6.84. The quantitative estimate of drug-likeness (QED) is 0.699. The third-order valence-electron chi connectivity index (χ3n) is 3.59. The summed E-state index contributed by atoms with van der Waals surface area (Å²) in [5, 5.41) is 0. The van der Waals surface area contributed by atoms with Crippen molar-refractivity contribution >= 4 is 17.7 Å². The minimum Gasteiger partial charge on any atom is -0.344 e. The lowest BCUT2D eigenvalue weighted by Crippen LogP contribution is -3.11. The van der Waals surface area contributed by atoms with Crippen LogP contribution in [0.5, 0.6) is 0 Å². The zero-order valence-corrected chi connectivity index (χ0v) is 12.5. The summed E-state index contributed by atoms with van der Waals surface area (Å²) in [5.74, 6) is -0.473. The monoisotopic (exact) mass is 290 g/mol. The van der Waals surface area contributed by atoms with Crippen molar-refractivity contribution in [1.82, 2.24) is 9.80 Å². The Morgan fingerprint density at radius 2 is 1.67 bits per heavy atom. The van der Waals surface area contributed by atoms with Gasteiger partial charge in [0.25, 0.3) is 17.7 Å². The maximum atomic E-state index is 12.2. The zero-order chi connectivity index (χ0) is 15.6. The lowest BCUT2D eigenvalue weighted by atomic mass is 10.1. The number of hydrogen-bond donors (Lipinski definition) is 1. The van der Waals surface area contributed by atoms with Crippen molar-refractivity contribution in [2.45, 2.75) is 0 Å². The lowest BCUT2D eigenvalue weighted by molar-refractivity contribution is -0.870. The molecule has 6 nitrogen and oxygen atoms in total. The summed E-state index contributed by atoms with van der Waals surface area (Å²) in [6.45, 7) is 1.21. The molecule has 0 saturated carbocycles. The number of rotatable bonds is 5. The van der Waals surface area contributed by atoms with Gasteiger partial charge in [-0.25, -0.2) is 0 Å². The second-order valence-electron chi connectivity index (χ2n) is 5.48. The van der Waals surface area contributed by atoms with E-state index in [-0.39, 0.29) is 17.7 Å². The third-order valence-corrected chi connectivity index (χ3v) is 3.59. The summed E-state index contributed by atoms with van der Waals surface area (Å²) >= 11 is 0. The van der Waals surface area contributed by atoms with E-state index in [1.165, 1.54) is 9.80 Å². The maximum absolute atomic E-state index is 12.2. The van der Waals surface area contributed by atoms with Crippen LogP contribution in [0.3, 0.4) is 0 Å². The Bertz CT molecular complexity index is 548. The van der Waals surface area contributed by atoms with Gasteiger partial charge in [0.2, 0.25) is 0 Å². The van der Waals surface area contributed by atoms with Gasteiger partial charge in [-0.05, 0) is 12.1 Å². The van der Waals surface area contributed by atoms with Crippen LogP contribution in [0.15, 0.2) is 24.3 Å². The number of hydrogen-bond acceptors (Lipinski definition) is 3. The van der Waals surface area contributed by atoms with Crippen LogP contribution in [-0.4, -0.2) is 68.3 Å². The molecule has 1 heterocycles. The molecule has 1 aliphatic heterocycles. The molecule has 21 heavy (non-hydrogen) atoms. The summed E-state index contributed by atoms with van der Waals surface area (Å²) in [6.07, 6.45) is 0. The molecular formula is C15H20N3O3+. The summed E-state index contributed by atoms with van der Waals surface area (Å²) in [5.41, 5.74) is 0.925. The van der Waals surface area contributed by atoms with Crippen LogP contribution in [0.25, 0.3) is 0 Å². The fourth-order valence-corrected chi connectivity index (χ4v) is 2.25. The molecule has 0 aromatic heterocycles. The number of nitrogens with zero attached hydrogens (tertiary/aromatic N) is 2. The van der Waals surface area contributed by atoms with Gasteiger partial charge in [-0.15, -0.1) is 0 Å². The van der Waals surface area contributed by atoms with E-state index < -0.39 is 0 Å². The van der Waals surface area contributed by atoms with Gasteiger partial charge in [0.15, 0.2) is 6.54 Å². The molecule has 0 saturated heterocycles. The normalized spacial score (nSPS) is 15.1. The van der Waals surface area contributed by atoms with Gasteiger partial charge in [0.05, 0.1) is 31.3 Å². The van der Waals surface area contributed by atoms with Gasteiger partial charge in [-0.2, -0.15) is 0 Å². The fourth-order valence-electron chi connectivity index (χ4n) is 2.25. The Morgan fingerprint density at radius 1 is 1.14 bits per heavy atom. The second kappa shape index (κ2) is 6.05. The SMILES string of the molecule is CN(C)C(=O)C[NH+](C)CCN1C(=O)c2ccccc2C1=O. The number of benzene rings is 1. The molecule has 3 amide bonds. The minimum absolute atomic E-state index is 0.0230. The Morgan fingerprint density at radius 3 is 2.14 bits per heavy atom. The number of likely N-dealkylation sites (N-methyl/N-ethyl adjacent to an activating group) is 2. The first kappa shape index (κ1) is 15.2. The molecule has 1 aromatic rings. The number of amides is 3. The Balaban J connectivity index is 1.95. The van der Waals surface area contributed by atoms with E-state index in [1.54, 1.807) is 38.4 Å². The van der Waals surface area contributed by atoms with Crippen LogP contribution in [0.1, 0.15) is 20.7 Å². The van der Waals surface area contributed by atoms with Gasteiger partial charge in [-0.1, -0.05) is 12.1 Å². The molecule has 0 fully saturated rings. The number of fused-ring (bicyclic) bond motifs is 1. The molecule has 2 rings (SSSR count). The molecule has 6 heteroatoms. The topological polar surface area (TPSA) is 62.1 Å². The molecule has 1 aromatic carbocycles. The van der Waals surface area contributed by atoms with Crippen molar-refractivity contribution in [3.63, 3.8) is 0 Å². The van der Waals surface area contributed by atoms with Crippen molar-refractivity contribution < 1.29 is 19.3 Å². The van der Waals surface area contributed by atoms with Crippen molar-refractivity contribution in [2.75, 3.05) is 40.8 Å². The first-order chi connectivity index (χ1) is 9.91. The van der Waals surface area contributed by atoms with Crippen molar-refractivity contribution in [3.8, 4) is 0 Å². The predicted molar refractivity (Wildman–Crippen MR) is 77.1 cm³/mol. The maximum Gasteiger partial charge on any atom is 0.277 e. The molecule has 1 aliphatic rings. The third kappa shape index (κ3) is 3.11. The van der Waals surface area contributed by atoms with E-state index in [1.807, 2.05) is 7.05 Å². The highest BCUT2D eigenvalue weighted by Gasteiger charge is 2.35. The van der Waals surface area contributed by atoms with Crippen LogP contribution < -0.4 is 4.90 Å². The first-order valence-corrected chi connectivity index (χ1v) is 6.88. The molecule has 0 spiro atoms. The minimum atomic E-state index is -0.248. The summed E-state index contributed by atoms with van der Waals surface area (Å²) in [7, 11) is 5.29. The number of imide groups is 1. The summed E-state index contributed by atoms with van der Waals surface area (Å²) < 4.78 is 0. The second-order valence-corrected chi connectivity index (χ2v) is 5.48. The molecule has 0 bridgehead atoms. The van der Waals surface area contributed by atoms with Crippen LogP contribution in [0.4, 0.5) is 0 Å². The van der Waals surface area contributed by atoms with Crippen LogP contribution in [0.2, 0.25) is 0 Å². The zero-order valence-electron chi connectivity index (χ0n) is 12.5. The molecule has 1 atom stereocenters. The van der Waals surface area contributed by atoms with Crippen molar-refractivity contribution in [2.24, 2.45) is 0 Å². The smallest absolute Gasteiger partial charge is 0.277 e. The number of nitrogens with one attached hydrogen (secondary N) is 1. The molecule has 0 aliphatic carbocycles. The standard InChI is InChI=1S/C15H19N3O3/c1-16(2)13(19)10-17(3)8-9-18-14(20)11-6-4-5-7-12(11)15(18)21/h4-7H,8-10H2,1-3H3/p+1. The highest BCUT2D eigenvalue weighted by molar-refractivity contribution is 6.21. The van der Waals surface area contributed by atoms with Gasteiger partial charge in [0.1, 0.15) is 0 Å². The molecular weight excluding hydrogens is 270 g/mol. The molecule has 112 valence electrons. The van der Waals surface area contributed by atoms with E-state index in [9.17, 15) is 14.4 Å². The lowest BCUT2D eigenvalue weighted by Gasteiger charge is -2.19. The number of quaternary nitrogens is 1. The fraction of sp³-hybridized carbons (Fsp3) is 0.400. The summed E-state index contributed by atoms with van der Waals surface area (Å²) in [4.78, 5) is 39.7. The average molecular weight is 290 g/mol. The molecule has 1 unspecified atom stereocenters. The van der Waals surface area contributed by atoms with Gasteiger partial charge >= 0.3 is 0 Å². The van der Waals surface area contributed by atoms with Crippen molar-refractivity contribution in [3.05, 3.63) is 35.4 Å². The Hall–Kier alpha value is -2.21. The van der Waals surface area contributed by atoms with Gasteiger partial charge < -0.3 is 9.80 Å².